The molecule has 0 aromatic heterocycles. The zero-order chi connectivity index (χ0) is 19.1. The molecule has 0 radical (unpaired) electrons. The number of hydrogen-bond acceptors (Lipinski definition) is 4. The Labute approximate surface area is 165 Å². The number of nitriles is 1. The van der Waals surface area contributed by atoms with Crippen molar-refractivity contribution < 1.29 is 4.79 Å². The van der Waals surface area contributed by atoms with Gasteiger partial charge in [0, 0.05) is 42.7 Å². The lowest BCUT2D eigenvalue weighted by Gasteiger charge is -2.39. The van der Waals surface area contributed by atoms with E-state index in [1.54, 1.807) is 11.8 Å². The average molecular weight is 380 g/mol. The van der Waals surface area contributed by atoms with E-state index in [0.29, 0.717) is 13.1 Å². The Balaban J connectivity index is 1.53. The number of carbonyl (C=O) groups is 1. The van der Waals surface area contributed by atoms with E-state index in [2.05, 4.69) is 35.2 Å². The topological polar surface area (TPSA) is 47.3 Å². The maximum atomic E-state index is 12.8. The van der Waals surface area contributed by atoms with Crippen molar-refractivity contribution in [3.8, 4) is 6.07 Å². The highest BCUT2D eigenvalue weighted by Gasteiger charge is 2.31. The van der Waals surface area contributed by atoms with Crippen molar-refractivity contribution in [2.75, 3.05) is 25.4 Å². The molecular formula is C22H25N3OS. The molecule has 1 aliphatic rings. The van der Waals surface area contributed by atoms with E-state index in [9.17, 15) is 10.1 Å². The normalized spacial score (nSPS) is 18.7. The lowest BCUT2D eigenvalue weighted by molar-refractivity contribution is -0.136. The van der Waals surface area contributed by atoms with Gasteiger partial charge in [0.2, 0.25) is 5.91 Å². The van der Waals surface area contributed by atoms with Gasteiger partial charge in [0.15, 0.2) is 0 Å². The second kappa shape index (κ2) is 9.59. The number of nitrogens with zero attached hydrogens (tertiary/aromatic N) is 3. The summed E-state index contributed by atoms with van der Waals surface area (Å²) in [5.74, 6) is 0.845. The van der Waals surface area contributed by atoms with Gasteiger partial charge < -0.3 is 4.90 Å². The summed E-state index contributed by atoms with van der Waals surface area (Å²) in [7, 11) is 0. The number of carbonyl (C=O) groups excluding carboxylic acids is 1. The van der Waals surface area contributed by atoms with E-state index in [1.807, 2.05) is 48.2 Å². The van der Waals surface area contributed by atoms with Crippen LogP contribution < -0.4 is 0 Å². The summed E-state index contributed by atoms with van der Waals surface area (Å²) in [4.78, 5) is 18.0. The van der Waals surface area contributed by atoms with Crippen molar-refractivity contribution >= 4 is 17.7 Å². The highest BCUT2D eigenvalue weighted by Crippen LogP contribution is 2.22. The van der Waals surface area contributed by atoms with Crippen LogP contribution in [0.3, 0.4) is 0 Å². The Bertz CT molecular complexity index is 775. The molecule has 0 saturated carbocycles. The first-order chi connectivity index (χ1) is 13.2. The van der Waals surface area contributed by atoms with Crippen molar-refractivity contribution in [3.05, 3.63) is 66.2 Å². The number of amides is 1. The maximum Gasteiger partial charge on any atom is 0.226 e. The Kier molecular flexibility index (Phi) is 6.92. The minimum Gasteiger partial charge on any atom is -0.339 e. The van der Waals surface area contributed by atoms with Gasteiger partial charge in [-0.2, -0.15) is 5.26 Å². The Hall–Kier alpha value is -2.29. The second-order valence-electron chi connectivity index (χ2n) is 6.91. The third-order valence-electron chi connectivity index (χ3n) is 4.85. The van der Waals surface area contributed by atoms with E-state index >= 15 is 0 Å². The molecule has 2 aromatic rings. The summed E-state index contributed by atoms with van der Waals surface area (Å²) in [6, 6.07) is 22.5. The van der Waals surface area contributed by atoms with Gasteiger partial charge in [-0.05, 0) is 17.7 Å². The minimum atomic E-state index is -0.253. The summed E-state index contributed by atoms with van der Waals surface area (Å²) < 4.78 is 0. The summed E-state index contributed by atoms with van der Waals surface area (Å²) >= 11 is 1.71. The fourth-order valence-corrected chi connectivity index (χ4v) is 4.21. The van der Waals surface area contributed by atoms with Gasteiger partial charge in [0.05, 0.1) is 6.07 Å². The van der Waals surface area contributed by atoms with Crippen molar-refractivity contribution in [1.29, 1.82) is 5.26 Å². The lowest BCUT2D eigenvalue weighted by atomic mass is 10.1. The molecule has 1 saturated heterocycles. The second-order valence-corrected chi connectivity index (χ2v) is 8.00. The number of thioether (sulfide) groups is 1. The summed E-state index contributed by atoms with van der Waals surface area (Å²) in [6.07, 6.45) is 0. The molecule has 0 bridgehead atoms. The first-order valence-electron chi connectivity index (χ1n) is 9.31. The molecule has 2 atom stereocenters. The van der Waals surface area contributed by atoms with Crippen LogP contribution >= 0.6 is 11.8 Å². The van der Waals surface area contributed by atoms with Crippen molar-refractivity contribution in [2.45, 2.75) is 24.4 Å². The Morgan fingerprint density at radius 3 is 2.48 bits per heavy atom. The van der Waals surface area contributed by atoms with Gasteiger partial charge in [0.1, 0.15) is 6.04 Å². The molecule has 0 N–H and O–H groups in total. The fourth-order valence-electron chi connectivity index (χ4n) is 3.27. The van der Waals surface area contributed by atoms with Crippen molar-refractivity contribution in [3.63, 3.8) is 0 Å². The predicted molar refractivity (Wildman–Crippen MR) is 109 cm³/mol. The van der Waals surface area contributed by atoms with Crippen molar-refractivity contribution in [1.82, 2.24) is 9.80 Å². The van der Waals surface area contributed by atoms with Crippen LogP contribution in [0, 0.1) is 17.2 Å². The largest absolute Gasteiger partial charge is 0.339 e. The van der Waals surface area contributed by atoms with E-state index in [-0.39, 0.29) is 17.9 Å². The molecule has 0 aliphatic carbocycles. The van der Waals surface area contributed by atoms with Gasteiger partial charge in [-0.15, -0.1) is 11.8 Å². The number of hydrogen-bond donors (Lipinski definition) is 0. The molecular weight excluding hydrogens is 354 g/mol. The van der Waals surface area contributed by atoms with Crippen LogP contribution in [0.4, 0.5) is 0 Å². The molecule has 2 aromatic carbocycles. The molecule has 27 heavy (non-hydrogen) atoms. The molecule has 1 fully saturated rings. The highest BCUT2D eigenvalue weighted by molar-refractivity contribution is 7.99. The van der Waals surface area contributed by atoms with E-state index in [1.165, 1.54) is 10.5 Å². The molecule has 4 nitrogen and oxygen atoms in total. The van der Waals surface area contributed by atoms with E-state index < -0.39 is 0 Å². The van der Waals surface area contributed by atoms with Crippen LogP contribution in [0.1, 0.15) is 12.5 Å². The van der Waals surface area contributed by atoms with Gasteiger partial charge in [0.25, 0.3) is 0 Å². The SMILES string of the molecule is CC(CSc1ccccc1)C(=O)N1CCN(Cc2ccccc2)C(C#N)C1. The predicted octanol–water partition coefficient (Wildman–Crippen LogP) is 3.65. The quantitative estimate of drug-likeness (QED) is 0.719. The molecule has 3 rings (SSSR count). The van der Waals surface area contributed by atoms with Crippen LogP contribution in [0.15, 0.2) is 65.6 Å². The summed E-state index contributed by atoms with van der Waals surface area (Å²) in [6.45, 7) is 4.64. The van der Waals surface area contributed by atoms with Crippen LogP contribution in [0.25, 0.3) is 0 Å². The monoisotopic (exact) mass is 379 g/mol. The summed E-state index contributed by atoms with van der Waals surface area (Å²) in [5, 5.41) is 9.60. The van der Waals surface area contributed by atoms with Crippen LogP contribution in [-0.4, -0.2) is 47.1 Å². The van der Waals surface area contributed by atoms with Crippen LogP contribution in [-0.2, 0) is 11.3 Å². The van der Waals surface area contributed by atoms with Crippen molar-refractivity contribution in [2.24, 2.45) is 5.92 Å². The molecule has 1 heterocycles. The maximum absolute atomic E-state index is 12.8. The average Bonchev–Trinajstić information content (AvgIpc) is 2.73. The molecule has 2 unspecified atom stereocenters. The van der Waals surface area contributed by atoms with Gasteiger partial charge >= 0.3 is 0 Å². The van der Waals surface area contributed by atoms with E-state index in [4.69, 9.17) is 0 Å². The van der Waals surface area contributed by atoms with Crippen LogP contribution in [0.2, 0.25) is 0 Å². The number of rotatable bonds is 6. The minimum absolute atomic E-state index is 0.0600. The van der Waals surface area contributed by atoms with Gasteiger partial charge in [-0.25, -0.2) is 0 Å². The third-order valence-corrected chi connectivity index (χ3v) is 6.12. The van der Waals surface area contributed by atoms with Crippen LogP contribution in [0.5, 0.6) is 0 Å². The third kappa shape index (κ3) is 5.35. The first-order valence-corrected chi connectivity index (χ1v) is 10.3. The van der Waals surface area contributed by atoms with E-state index in [0.717, 1.165) is 18.8 Å². The standard InChI is InChI=1S/C22H25N3OS/c1-18(17-27-21-10-6-3-7-11-21)22(26)25-13-12-24(20(14-23)16-25)15-19-8-4-2-5-9-19/h2-11,18,20H,12-13,15-17H2,1H3. The number of piperazine rings is 1. The molecule has 140 valence electrons. The lowest BCUT2D eigenvalue weighted by Crippen LogP contribution is -2.54. The zero-order valence-corrected chi connectivity index (χ0v) is 16.4. The zero-order valence-electron chi connectivity index (χ0n) is 15.6. The fraction of sp³-hybridized carbons (Fsp3) is 0.364. The molecule has 1 amide bonds. The van der Waals surface area contributed by atoms with Gasteiger partial charge in [-0.3, -0.25) is 9.69 Å². The first kappa shape index (κ1) is 19.5. The molecule has 5 heteroatoms. The Morgan fingerprint density at radius 2 is 1.81 bits per heavy atom. The molecule has 1 aliphatic heterocycles. The Morgan fingerprint density at radius 1 is 1.15 bits per heavy atom. The number of benzene rings is 2. The highest BCUT2D eigenvalue weighted by atomic mass is 32.2. The smallest absolute Gasteiger partial charge is 0.226 e. The van der Waals surface area contributed by atoms with Gasteiger partial charge in [-0.1, -0.05) is 55.5 Å². The molecule has 0 spiro atoms. The summed E-state index contributed by atoms with van der Waals surface area (Å²) in [5.41, 5.74) is 1.20.